The lowest BCUT2D eigenvalue weighted by molar-refractivity contribution is 0.0939. The van der Waals surface area contributed by atoms with Crippen LogP contribution in [0.1, 0.15) is 40.3 Å². The summed E-state index contributed by atoms with van der Waals surface area (Å²) in [5, 5.41) is 10.6. The van der Waals surface area contributed by atoms with E-state index in [0.717, 1.165) is 17.0 Å². The topological polar surface area (TPSA) is 83.6 Å². The van der Waals surface area contributed by atoms with Crippen LogP contribution >= 0.6 is 11.8 Å². The first-order valence-electron chi connectivity index (χ1n) is 6.21. The molecule has 1 amide bonds. The van der Waals surface area contributed by atoms with Gasteiger partial charge in [0.25, 0.3) is 5.91 Å². The highest BCUT2D eigenvalue weighted by atomic mass is 32.2. The Labute approximate surface area is 121 Å². The van der Waals surface area contributed by atoms with Gasteiger partial charge >= 0.3 is 0 Å². The summed E-state index contributed by atoms with van der Waals surface area (Å²) in [6.07, 6.45) is 4.97. The van der Waals surface area contributed by atoms with Crippen molar-refractivity contribution in [2.24, 2.45) is 0 Å². The molecule has 2 aromatic rings. The number of hydrogen-bond donors (Lipinski definition) is 2. The Morgan fingerprint density at radius 1 is 1.35 bits per heavy atom. The molecule has 0 saturated heterocycles. The minimum absolute atomic E-state index is 0.124. The van der Waals surface area contributed by atoms with E-state index in [4.69, 9.17) is 0 Å². The van der Waals surface area contributed by atoms with Crippen molar-refractivity contribution < 1.29 is 4.79 Å². The highest BCUT2D eigenvalue weighted by Crippen LogP contribution is 2.19. The minimum atomic E-state index is -0.190. The van der Waals surface area contributed by atoms with E-state index >= 15 is 0 Å². The number of thioether (sulfide) groups is 1. The number of rotatable bonds is 4. The largest absolute Gasteiger partial charge is 0.345 e. The molecule has 7 heteroatoms. The molecular formula is C13H17N5OS. The van der Waals surface area contributed by atoms with Crippen molar-refractivity contribution in [1.82, 2.24) is 25.5 Å². The smallest absolute Gasteiger partial charge is 0.254 e. The molecule has 0 unspecified atom stereocenters. The lowest BCUT2D eigenvalue weighted by Gasteiger charge is -2.14. The third-order valence-corrected chi connectivity index (χ3v) is 3.61. The number of carbonyl (C=O) groups is 1. The lowest BCUT2D eigenvalue weighted by atomic mass is 10.1. The molecule has 0 saturated carbocycles. The molecule has 0 spiro atoms. The van der Waals surface area contributed by atoms with Crippen LogP contribution in [0, 0.1) is 13.8 Å². The molecule has 0 aliphatic rings. The highest BCUT2D eigenvalue weighted by Gasteiger charge is 2.17. The van der Waals surface area contributed by atoms with Crippen LogP contribution in [-0.4, -0.2) is 32.3 Å². The molecule has 1 atom stereocenters. The van der Waals surface area contributed by atoms with Crippen LogP contribution in [0.15, 0.2) is 17.6 Å². The van der Waals surface area contributed by atoms with Gasteiger partial charge in [-0.3, -0.25) is 9.89 Å². The fourth-order valence-corrected chi connectivity index (χ4v) is 2.40. The number of H-pyrrole nitrogens is 1. The summed E-state index contributed by atoms with van der Waals surface area (Å²) >= 11 is 1.44. The zero-order valence-corrected chi connectivity index (χ0v) is 12.7. The normalized spacial score (nSPS) is 12.2. The van der Waals surface area contributed by atoms with Gasteiger partial charge in [-0.2, -0.15) is 5.10 Å². The van der Waals surface area contributed by atoms with E-state index in [0.29, 0.717) is 10.7 Å². The van der Waals surface area contributed by atoms with Crippen LogP contribution < -0.4 is 5.32 Å². The van der Waals surface area contributed by atoms with Crippen LogP contribution in [-0.2, 0) is 0 Å². The van der Waals surface area contributed by atoms with Crippen LogP contribution in [0.3, 0.4) is 0 Å². The van der Waals surface area contributed by atoms with Crippen molar-refractivity contribution in [1.29, 1.82) is 0 Å². The molecule has 6 nitrogen and oxygen atoms in total. The Morgan fingerprint density at radius 3 is 2.50 bits per heavy atom. The number of carbonyl (C=O) groups excluding carboxylic acids is 1. The van der Waals surface area contributed by atoms with Crippen LogP contribution in [0.5, 0.6) is 0 Å². The number of aromatic nitrogens is 4. The summed E-state index contributed by atoms with van der Waals surface area (Å²) in [7, 11) is 0. The minimum Gasteiger partial charge on any atom is -0.345 e. The van der Waals surface area contributed by atoms with E-state index in [1.807, 2.05) is 27.0 Å². The maximum absolute atomic E-state index is 12.1. The van der Waals surface area contributed by atoms with Crippen LogP contribution in [0.25, 0.3) is 0 Å². The standard InChI is InChI=1S/C13H17N5OS/c1-7(11-8(2)17-18-9(11)3)16-12(19)10-5-14-13(20-4)15-6-10/h5-7H,1-4H3,(H,16,19)(H,17,18)/t7-/m0/s1. The summed E-state index contributed by atoms with van der Waals surface area (Å²) in [6, 6.07) is -0.124. The third kappa shape index (κ3) is 2.98. The predicted octanol–water partition coefficient (Wildman–Crippen LogP) is 2.03. The summed E-state index contributed by atoms with van der Waals surface area (Å²) in [4.78, 5) is 20.3. The van der Waals surface area contributed by atoms with Crippen molar-refractivity contribution in [3.05, 3.63) is 34.9 Å². The fourth-order valence-electron chi connectivity index (χ4n) is 2.09. The Morgan fingerprint density at radius 2 is 2.00 bits per heavy atom. The van der Waals surface area contributed by atoms with Gasteiger partial charge < -0.3 is 5.32 Å². The van der Waals surface area contributed by atoms with Crippen molar-refractivity contribution >= 4 is 17.7 Å². The van der Waals surface area contributed by atoms with E-state index in [2.05, 4.69) is 25.5 Å². The van der Waals surface area contributed by atoms with Gasteiger partial charge in [0.15, 0.2) is 5.16 Å². The maximum atomic E-state index is 12.1. The number of aryl methyl sites for hydroxylation is 2. The molecular weight excluding hydrogens is 274 g/mol. The molecule has 0 aliphatic carbocycles. The molecule has 0 radical (unpaired) electrons. The second-order valence-corrected chi connectivity index (χ2v) is 5.27. The van der Waals surface area contributed by atoms with Gasteiger partial charge in [-0.05, 0) is 27.0 Å². The average Bonchev–Trinajstić information content (AvgIpc) is 2.78. The van der Waals surface area contributed by atoms with Crippen molar-refractivity contribution in [3.8, 4) is 0 Å². The van der Waals surface area contributed by atoms with Crippen molar-refractivity contribution in [2.45, 2.75) is 32.0 Å². The second-order valence-electron chi connectivity index (χ2n) is 4.50. The highest BCUT2D eigenvalue weighted by molar-refractivity contribution is 7.98. The first kappa shape index (κ1) is 14.5. The van der Waals surface area contributed by atoms with Gasteiger partial charge in [0, 0.05) is 23.7 Å². The summed E-state index contributed by atoms with van der Waals surface area (Å²) in [5.41, 5.74) is 3.32. The van der Waals surface area contributed by atoms with E-state index in [1.54, 1.807) is 0 Å². The first-order valence-corrected chi connectivity index (χ1v) is 7.43. The van der Waals surface area contributed by atoms with Gasteiger partial charge in [-0.1, -0.05) is 11.8 Å². The zero-order chi connectivity index (χ0) is 14.7. The quantitative estimate of drug-likeness (QED) is 0.665. The first-order chi connectivity index (χ1) is 9.52. The molecule has 0 bridgehead atoms. The van der Waals surface area contributed by atoms with Gasteiger partial charge in [-0.25, -0.2) is 9.97 Å². The molecule has 20 heavy (non-hydrogen) atoms. The number of nitrogens with one attached hydrogen (secondary N) is 2. The van der Waals surface area contributed by atoms with Gasteiger partial charge in [0.2, 0.25) is 0 Å². The molecule has 2 heterocycles. The molecule has 2 rings (SSSR count). The van der Waals surface area contributed by atoms with Crippen molar-refractivity contribution in [3.63, 3.8) is 0 Å². The Balaban J connectivity index is 2.11. The molecule has 0 aliphatic heterocycles. The summed E-state index contributed by atoms with van der Waals surface area (Å²) in [5.74, 6) is -0.190. The molecule has 0 fully saturated rings. The monoisotopic (exact) mass is 291 g/mol. The third-order valence-electron chi connectivity index (χ3n) is 3.04. The van der Waals surface area contributed by atoms with Gasteiger partial charge in [-0.15, -0.1) is 0 Å². The Hall–Kier alpha value is -1.89. The van der Waals surface area contributed by atoms with E-state index in [9.17, 15) is 4.79 Å². The van der Waals surface area contributed by atoms with E-state index in [-0.39, 0.29) is 11.9 Å². The van der Waals surface area contributed by atoms with Gasteiger partial charge in [0.1, 0.15) is 0 Å². The van der Waals surface area contributed by atoms with Crippen molar-refractivity contribution in [2.75, 3.05) is 6.26 Å². The Bertz CT molecular complexity index is 588. The maximum Gasteiger partial charge on any atom is 0.254 e. The summed E-state index contributed by atoms with van der Waals surface area (Å²) in [6.45, 7) is 5.78. The van der Waals surface area contributed by atoms with Crippen LogP contribution in [0.4, 0.5) is 0 Å². The van der Waals surface area contributed by atoms with Gasteiger partial charge in [0.05, 0.1) is 17.3 Å². The van der Waals surface area contributed by atoms with E-state index < -0.39 is 0 Å². The molecule has 106 valence electrons. The summed E-state index contributed by atoms with van der Waals surface area (Å²) < 4.78 is 0. The molecule has 0 aromatic carbocycles. The van der Waals surface area contributed by atoms with Crippen LogP contribution in [0.2, 0.25) is 0 Å². The molecule has 2 N–H and O–H groups in total. The number of hydrogen-bond acceptors (Lipinski definition) is 5. The number of nitrogens with zero attached hydrogens (tertiary/aromatic N) is 3. The lowest BCUT2D eigenvalue weighted by Crippen LogP contribution is -2.27. The zero-order valence-electron chi connectivity index (χ0n) is 11.9. The fraction of sp³-hybridized carbons (Fsp3) is 0.385. The molecule has 2 aromatic heterocycles. The number of amides is 1. The second kappa shape index (κ2) is 6.04. The number of aromatic amines is 1. The Kier molecular flexibility index (Phi) is 4.39. The predicted molar refractivity (Wildman–Crippen MR) is 77.8 cm³/mol. The van der Waals surface area contributed by atoms with E-state index in [1.165, 1.54) is 24.2 Å². The SMILES string of the molecule is CSc1ncc(C(=O)N[C@@H](C)c2c(C)n[nH]c2C)cn1. The average molecular weight is 291 g/mol.